The van der Waals surface area contributed by atoms with Gasteiger partial charge in [-0.1, -0.05) is 352 Å². The summed E-state index contributed by atoms with van der Waals surface area (Å²) in [4.78, 5) is 0. The van der Waals surface area contributed by atoms with Gasteiger partial charge in [0.2, 0.25) is 0 Å². The Morgan fingerprint density at radius 3 is 0.745 bits per heavy atom. The summed E-state index contributed by atoms with van der Waals surface area (Å²) in [5.74, 6) is -0.235. The topological polar surface area (TPSA) is 29.6 Å². The van der Waals surface area contributed by atoms with E-state index in [9.17, 15) is 4.39 Å². The third-order valence-electron chi connectivity index (χ3n) is 29.8. The number of benzene rings is 24. The molecule has 6 nitrogen and oxygen atoms in total. The van der Waals surface area contributed by atoms with Crippen LogP contribution < -0.4 is 0 Å². The fraction of sp³-hybridized carbons (Fsp3) is 0. The second-order valence-electron chi connectivity index (χ2n) is 38.0. The number of halogens is 1. The smallest absolute Gasteiger partial charge is 0.123 e. The number of para-hydroxylation sites is 7. The van der Waals surface area contributed by atoms with Gasteiger partial charge in [-0.15, -0.1) is 0 Å². The summed E-state index contributed by atoms with van der Waals surface area (Å²) in [7, 11) is 0. The Morgan fingerprint density at radius 2 is 0.338 bits per heavy atom. The van der Waals surface area contributed by atoms with Crippen molar-refractivity contribution in [2.24, 2.45) is 0 Å². The van der Waals surface area contributed by atoms with Crippen LogP contribution in [0.15, 0.2) is 540 Å². The van der Waals surface area contributed by atoms with Gasteiger partial charge in [0, 0.05) is 98.5 Å². The van der Waals surface area contributed by atoms with E-state index in [1.807, 2.05) is 12.1 Å². The maximum absolute atomic E-state index is 13.8. The van der Waals surface area contributed by atoms with Crippen LogP contribution in [0.3, 0.4) is 0 Å². The van der Waals surface area contributed by atoms with Crippen LogP contribution >= 0.6 is 0 Å². The standard InChI is InChI=1S/C46H29FN2.2C46H30N2/c47-36-19-23-38(24-20-36)49-44-12-6-4-10-40(44)42-29-35(18-26-46(42)49)34-17-25-45-41(28-34)39-9-3-5-11-43(39)48(45)37-21-15-31(16-22-37)33-14-13-30-7-1-2-8-32(30)27-33;1-3-12-31(13-4-1)33-22-25-40-41-27-24-34(29-45(41)47(44(40)28-33)36-16-5-2-6-17-36)35-23-26-39-38-19-9-10-20-43(38)48(46(39)30-35)42-21-11-15-32-14-7-8-18-37(32)42;1-3-13-37(14-4-1)47-43-18-10-9-17-39(43)41-28-34(22-25-44(41)47)35-23-26-45-42(29-35)40-24-21-36(30-46(40)48(45)38-15-5-2-6-16-38)33-20-19-31-11-7-8-12-32(31)27-33/h1-29H;2*1-30H. The summed E-state index contributed by atoms with van der Waals surface area (Å²) in [5.41, 5.74) is 35.5. The molecule has 0 radical (unpaired) electrons. The van der Waals surface area contributed by atoms with Crippen LogP contribution in [0.25, 0.3) is 264 Å². The van der Waals surface area contributed by atoms with Gasteiger partial charge in [-0.25, -0.2) is 4.39 Å². The lowest BCUT2D eigenvalue weighted by Gasteiger charge is -2.12. The van der Waals surface area contributed by atoms with E-state index in [4.69, 9.17) is 0 Å². The summed E-state index contributed by atoms with van der Waals surface area (Å²) >= 11 is 0. The Labute approximate surface area is 835 Å². The maximum Gasteiger partial charge on any atom is 0.123 e. The van der Waals surface area contributed by atoms with Gasteiger partial charge in [0.05, 0.1) is 71.9 Å². The molecule has 678 valence electrons. The molecule has 30 rings (SSSR count). The predicted octanol–water partition coefficient (Wildman–Crippen LogP) is 37.2. The zero-order chi connectivity index (χ0) is 95.7. The maximum atomic E-state index is 13.8. The molecule has 0 saturated carbocycles. The van der Waals surface area contributed by atoms with Crippen molar-refractivity contribution in [3.8, 4) is 101 Å². The molecule has 30 aromatic rings. The van der Waals surface area contributed by atoms with Gasteiger partial charge in [-0.2, -0.15) is 0 Å². The lowest BCUT2D eigenvalue weighted by Crippen LogP contribution is -1.95. The van der Waals surface area contributed by atoms with Gasteiger partial charge >= 0.3 is 0 Å². The highest BCUT2D eigenvalue weighted by molar-refractivity contribution is 6.18. The molecule has 0 spiro atoms. The summed E-state index contributed by atoms with van der Waals surface area (Å²) < 4.78 is 28.1. The van der Waals surface area contributed by atoms with Crippen LogP contribution in [0.1, 0.15) is 0 Å². The van der Waals surface area contributed by atoms with Crippen molar-refractivity contribution in [3.05, 3.63) is 546 Å². The summed E-state index contributed by atoms with van der Waals surface area (Å²) in [6.07, 6.45) is 0. The predicted molar refractivity (Wildman–Crippen MR) is 610 cm³/mol. The van der Waals surface area contributed by atoms with Crippen LogP contribution in [0.4, 0.5) is 4.39 Å². The second-order valence-corrected chi connectivity index (χ2v) is 38.0. The number of hydrogen-bond acceptors (Lipinski definition) is 0. The Balaban J connectivity index is 0.000000106. The largest absolute Gasteiger partial charge is 0.309 e. The molecule has 0 aliphatic heterocycles. The van der Waals surface area contributed by atoms with Gasteiger partial charge < -0.3 is 27.4 Å². The average Bonchev–Trinajstić information content (AvgIpc) is 1.59. The van der Waals surface area contributed by atoms with Gasteiger partial charge in [-0.3, -0.25) is 0 Å². The van der Waals surface area contributed by atoms with E-state index in [0.717, 1.165) is 39.3 Å². The molecule has 0 aliphatic carbocycles. The summed E-state index contributed by atoms with van der Waals surface area (Å²) in [5, 5.41) is 22.4. The molecule has 145 heavy (non-hydrogen) atoms. The molecule has 0 saturated heterocycles. The van der Waals surface area contributed by atoms with Crippen LogP contribution in [-0.2, 0) is 0 Å². The van der Waals surface area contributed by atoms with E-state index in [1.165, 1.54) is 237 Å². The van der Waals surface area contributed by atoms with Crippen LogP contribution in [0.2, 0.25) is 0 Å². The minimum atomic E-state index is -0.235. The van der Waals surface area contributed by atoms with Crippen LogP contribution in [0, 0.1) is 5.82 Å². The van der Waals surface area contributed by atoms with Gasteiger partial charge in [-0.05, 0) is 282 Å². The van der Waals surface area contributed by atoms with Crippen molar-refractivity contribution >= 4 is 163 Å². The average molecular weight is 1850 g/mol. The normalized spacial score (nSPS) is 11.8. The molecule has 0 unspecified atom stereocenters. The fourth-order valence-corrected chi connectivity index (χ4v) is 22.9. The number of hydrogen-bond donors (Lipinski definition) is 0. The zero-order valence-corrected chi connectivity index (χ0v) is 78.9. The van der Waals surface area contributed by atoms with Crippen LogP contribution in [-0.4, -0.2) is 27.4 Å². The molecule has 6 aromatic heterocycles. The lowest BCUT2D eigenvalue weighted by molar-refractivity contribution is 0.627. The number of rotatable bonds is 12. The molecule has 0 amide bonds. The van der Waals surface area contributed by atoms with E-state index >= 15 is 0 Å². The molecule has 0 N–H and O–H groups in total. The Morgan fingerprint density at radius 1 is 0.110 bits per heavy atom. The third-order valence-corrected chi connectivity index (χ3v) is 29.8. The van der Waals surface area contributed by atoms with Gasteiger partial charge in [0.1, 0.15) is 5.82 Å². The van der Waals surface area contributed by atoms with Gasteiger partial charge in [0.25, 0.3) is 0 Å². The van der Waals surface area contributed by atoms with E-state index in [2.05, 4.69) is 543 Å². The second kappa shape index (κ2) is 34.7. The molecule has 7 heteroatoms. The number of fused-ring (bicyclic) bond motifs is 21. The van der Waals surface area contributed by atoms with Gasteiger partial charge in [0.15, 0.2) is 0 Å². The Kier molecular flexibility index (Phi) is 20.1. The molecular weight excluding hydrogens is 1760 g/mol. The lowest BCUT2D eigenvalue weighted by atomic mass is 9.99. The van der Waals surface area contributed by atoms with E-state index in [-0.39, 0.29) is 5.82 Å². The van der Waals surface area contributed by atoms with Crippen molar-refractivity contribution in [2.75, 3.05) is 0 Å². The van der Waals surface area contributed by atoms with E-state index in [0.29, 0.717) is 0 Å². The number of aromatic nitrogens is 6. The first kappa shape index (κ1) is 83.9. The van der Waals surface area contributed by atoms with Crippen LogP contribution in [0.5, 0.6) is 0 Å². The Hall–Kier alpha value is -19.2. The Bertz CT molecular complexity index is 10400. The van der Waals surface area contributed by atoms with Crippen molar-refractivity contribution in [1.29, 1.82) is 0 Å². The number of nitrogens with zero attached hydrogens (tertiary/aromatic N) is 6. The molecule has 0 bridgehead atoms. The first-order valence-electron chi connectivity index (χ1n) is 49.7. The summed E-state index contributed by atoms with van der Waals surface area (Å²) in [6.45, 7) is 0. The molecule has 0 fully saturated rings. The van der Waals surface area contributed by atoms with E-state index in [1.54, 1.807) is 0 Å². The van der Waals surface area contributed by atoms with E-state index < -0.39 is 0 Å². The molecular formula is C138H89FN6. The highest BCUT2D eigenvalue weighted by Crippen LogP contribution is 2.47. The quantitative estimate of drug-likeness (QED) is 0.117. The zero-order valence-electron chi connectivity index (χ0n) is 78.9. The molecule has 0 atom stereocenters. The minimum Gasteiger partial charge on any atom is -0.309 e. The highest BCUT2D eigenvalue weighted by Gasteiger charge is 2.24. The summed E-state index contributed by atoms with van der Waals surface area (Å²) in [6, 6.07) is 194. The highest BCUT2D eigenvalue weighted by atomic mass is 19.1. The van der Waals surface area contributed by atoms with Crippen molar-refractivity contribution in [1.82, 2.24) is 27.4 Å². The minimum absolute atomic E-state index is 0.235. The molecule has 6 heterocycles. The first-order chi connectivity index (χ1) is 71.8. The SMILES string of the molecule is Fc1ccc(-n2c3ccccc3c3cc(-c4ccc5c(c4)c4ccccc4n5-c4ccc(-c5ccc6ccccc6c5)cc4)ccc32)cc1.c1ccc(-c2ccc3c4ccc(-c5ccc6c7ccccc7n(-c7cccc8ccccc78)c6c5)cc4n(-c4ccccc4)c3c2)cc1.c1ccc(-n2c3ccccc3c3cc(-c4ccc5c(c4)c4ccc(-c6ccc7ccccc7c6)cc4n5-c4ccccc4)ccc32)cc1. The molecule has 0 aliphatic rings. The van der Waals surface area contributed by atoms with Crippen molar-refractivity contribution in [3.63, 3.8) is 0 Å². The monoisotopic (exact) mass is 1850 g/mol. The first-order valence-corrected chi connectivity index (χ1v) is 49.7. The fourth-order valence-electron chi connectivity index (χ4n) is 22.9. The van der Waals surface area contributed by atoms with Crippen molar-refractivity contribution in [2.45, 2.75) is 0 Å². The molecule has 24 aromatic carbocycles. The third kappa shape index (κ3) is 14.4. The van der Waals surface area contributed by atoms with Crippen molar-refractivity contribution < 1.29 is 4.39 Å².